The van der Waals surface area contributed by atoms with Crippen molar-refractivity contribution in [2.75, 3.05) is 0 Å². The Labute approximate surface area is 104 Å². The molecule has 1 N–H and O–H groups in total. The van der Waals surface area contributed by atoms with Crippen molar-refractivity contribution < 1.29 is 5.11 Å². The summed E-state index contributed by atoms with van der Waals surface area (Å²) in [5.41, 5.74) is 1.37. The van der Waals surface area contributed by atoms with Gasteiger partial charge in [-0.15, -0.1) is 11.7 Å². The zero-order chi connectivity index (χ0) is 12.3. The fourth-order valence-electron chi connectivity index (χ4n) is 1.43. The molecule has 0 spiro atoms. The molecule has 2 aromatic rings. The zero-order valence-electron chi connectivity index (χ0n) is 9.12. The van der Waals surface area contributed by atoms with E-state index in [0.717, 1.165) is 5.69 Å². The van der Waals surface area contributed by atoms with Crippen LogP contribution in [-0.2, 0) is 0 Å². The summed E-state index contributed by atoms with van der Waals surface area (Å²) in [5.74, 6) is 0. The average molecular weight is 250 g/mol. The number of hydrogen-bond acceptors (Lipinski definition) is 3. The predicted octanol–water partition coefficient (Wildman–Crippen LogP) is 2.53. The van der Waals surface area contributed by atoms with Gasteiger partial charge in [-0.05, 0) is 30.7 Å². The lowest BCUT2D eigenvalue weighted by molar-refractivity contribution is 0.176. The molecule has 0 bridgehead atoms. The van der Waals surface area contributed by atoms with E-state index in [0.29, 0.717) is 17.1 Å². The summed E-state index contributed by atoms with van der Waals surface area (Å²) in [5, 5.41) is 18.2. The Balaban J connectivity index is 2.23. The van der Waals surface area contributed by atoms with Crippen LogP contribution in [0.4, 0.5) is 0 Å². The molecule has 0 fully saturated rings. The molecule has 2 rings (SSSR count). The van der Waals surface area contributed by atoms with E-state index in [4.69, 9.17) is 11.6 Å². The van der Waals surface area contributed by atoms with Crippen molar-refractivity contribution in [1.29, 1.82) is 0 Å². The molecule has 4 nitrogen and oxygen atoms in total. The van der Waals surface area contributed by atoms with Crippen LogP contribution in [0, 0.1) is 0 Å². The van der Waals surface area contributed by atoms with Crippen LogP contribution in [0.2, 0.25) is 5.02 Å². The standard InChI is InChI=1S/C12H12ClN3O/c1-2-3-12(17)11-8-16(15-14-11)10-6-4-9(13)5-7-10/h2,4-8,12,17H,1,3H2/t12-/m1/s1. The smallest absolute Gasteiger partial charge is 0.112 e. The molecular formula is C12H12ClN3O. The highest BCUT2D eigenvalue weighted by atomic mass is 35.5. The summed E-state index contributed by atoms with van der Waals surface area (Å²) in [6.07, 6.45) is 3.14. The van der Waals surface area contributed by atoms with Gasteiger partial charge in [-0.3, -0.25) is 0 Å². The summed E-state index contributed by atoms with van der Waals surface area (Å²) in [6, 6.07) is 7.22. The summed E-state index contributed by atoms with van der Waals surface area (Å²) in [6.45, 7) is 3.57. The van der Waals surface area contributed by atoms with Crippen LogP contribution in [0.5, 0.6) is 0 Å². The van der Waals surface area contributed by atoms with Crippen molar-refractivity contribution in [2.24, 2.45) is 0 Å². The first-order valence-corrected chi connectivity index (χ1v) is 5.55. The molecule has 0 saturated carbocycles. The molecule has 88 valence electrons. The number of rotatable bonds is 4. The van der Waals surface area contributed by atoms with Crippen molar-refractivity contribution >= 4 is 11.6 Å². The Hall–Kier alpha value is -1.65. The number of hydrogen-bond donors (Lipinski definition) is 1. The molecule has 17 heavy (non-hydrogen) atoms. The van der Waals surface area contributed by atoms with E-state index in [2.05, 4.69) is 16.9 Å². The van der Waals surface area contributed by atoms with E-state index < -0.39 is 6.10 Å². The van der Waals surface area contributed by atoms with Crippen LogP contribution in [0.1, 0.15) is 18.2 Å². The number of benzene rings is 1. The van der Waals surface area contributed by atoms with Gasteiger partial charge in [0.15, 0.2) is 0 Å². The minimum Gasteiger partial charge on any atom is -0.386 e. The second kappa shape index (κ2) is 5.12. The third kappa shape index (κ3) is 2.72. The first-order chi connectivity index (χ1) is 8.20. The fraction of sp³-hybridized carbons (Fsp3) is 0.167. The molecule has 1 atom stereocenters. The summed E-state index contributed by atoms with van der Waals surface area (Å²) in [7, 11) is 0. The number of halogens is 1. The lowest BCUT2D eigenvalue weighted by atomic mass is 10.2. The number of aliphatic hydroxyl groups is 1. The Kier molecular flexibility index (Phi) is 3.56. The highest BCUT2D eigenvalue weighted by Gasteiger charge is 2.10. The first-order valence-electron chi connectivity index (χ1n) is 5.18. The van der Waals surface area contributed by atoms with Gasteiger partial charge < -0.3 is 5.11 Å². The Morgan fingerprint density at radius 3 is 2.76 bits per heavy atom. The number of aliphatic hydroxyl groups excluding tert-OH is 1. The molecular weight excluding hydrogens is 238 g/mol. The van der Waals surface area contributed by atoms with Crippen molar-refractivity contribution in [3.8, 4) is 5.69 Å². The molecule has 0 aliphatic rings. The largest absolute Gasteiger partial charge is 0.386 e. The van der Waals surface area contributed by atoms with E-state index in [1.54, 1.807) is 29.1 Å². The highest BCUT2D eigenvalue weighted by Crippen LogP contribution is 2.16. The summed E-state index contributed by atoms with van der Waals surface area (Å²) < 4.78 is 1.60. The Morgan fingerprint density at radius 1 is 1.41 bits per heavy atom. The quantitative estimate of drug-likeness (QED) is 0.848. The predicted molar refractivity (Wildman–Crippen MR) is 66.1 cm³/mol. The summed E-state index contributed by atoms with van der Waals surface area (Å²) >= 11 is 5.80. The van der Waals surface area contributed by atoms with Crippen molar-refractivity contribution in [1.82, 2.24) is 15.0 Å². The maximum absolute atomic E-state index is 9.72. The normalized spacial score (nSPS) is 12.4. The second-order valence-corrected chi connectivity index (χ2v) is 4.04. The molecule has 0 unspecified atom stereocenters. The van der Waals surface area contributed by atoms with Crippen LogP contribution >= 0.6 is 11.6 Å². The number of nitrogens with zero attached hydrogens (tertiary/aromatic N) is 3. The monoisotopic (exact) mass is 249 g/mol. The van der Waals surface area contributed by atoms with Crippen LogP contribution in [0.15, 0.2) is 43.1 Å². The van der Waals surface area contributed by atoms with Crippen LogP contribution in [0.25, 0.3) is 5.69 Å². The van der Waals surface area contributed by atoms with Crippen molar-refractivity contribution in [3.63, 3.8) is 0 Å². The van der Waals surface area contributed by atoms with Gasteiger partial charge in [0.05, 0.1) is 11.9 Å². The molecule has 0 aliphatic carbocycles. The lowest BCUT2D eigenvalue weighted by Crippen LogP contribution is -1.95. The van der Waals surface area contributed by atoms with E-state index in [-0.39, 0.29) is 0 Å². The second-order valence-electron chi connectivity index (χ2n) is 3.60. The molecule has 0 saturated heterocycles. The molecule has 0 aliphatic heterocycles. The highest BCUT2D eigenvalue weighted by molar-refractivity contribution is 6.30. The van der Waals surface area contributed by atoms with Crippen LogP contribution < -0.4 is 0 Å². The maximum atomic E-state index is 9.72. The Bertz CT molecular complexity index is 507. The minimum atomic E-state index is -0.659. The topological polar surface area (TPSA) is 50.9 Å². The van der Waals surface area contributed by atoms with E-state index >= 15 is 0 Å². The average Bonchev–Trinajstić information content (AvgIpc) is 2.80. The molecule has 1 aromatic heterocycles. The van der Waals surface area contributed by atoms with E-state index in [1.807, 2.05) is 12.1 Å². The SMILES string of the molecule is C=CC[C@@H](O)c1cn(-c2ccc(Cl)cc2)nn1. The van der Waals surface area contributed by atoms with Gasteiger partial charge in [0.2, 0.25) is 0 Å². The van der Waals surface area contributed by atoms with Gasteiger partial charge in [-0.25, -0.2) is 4.68 Å². The van der Waals surface area contributed by atoms with Gasteiger partial charge in [-0.2, -0.15) is 0 Å². The van der Waals surface area contributed by atoms with E-state index in [9.17, 15) is 5.11 Å². The van der Waals surface area contributed by atoms with E-state index in [1.165, 1.54) is 0 Å². The molecule has 5 heteroatoms. The maximum Gasteiger partial charge on any atom is 0.112 e. The van der Waals surface area contributed by atoms with Crippen LogP contribution in [-0.4, -0.2) is 20.1 Å². The van der Waals surface area contributed by atoms with Gasteiger partial charge in [0, 0.05) is 5.02 Å². The van der Waals surface area contributed by atoms with Gasteiger partial charge in [0.25, 0.3) is 0 Å². The van der Waals surface area contributed by atoms with Gasteiger partial charge in [-0.1, -0.05) is 22.9 Å². The molecule has 0 radical (unpaired) electrons. The minimum absolute atomic E-state index is 0.458. The third-order valence-corrected chi connectivity index (χ3v) is 2.59. The lowest BCUT2D eigenvalue weighted by Gasteiger charge is -2.02. The van der Waals surface area contributed by atoms with Gasteiger partial charge >= 0.3 is 0 Å². The molecule has 1 heterocycles. The number of aromatic nitrogens is 3. The van der Waals surface area contributed by atoms with Crippen LogP contribution in [0.3, 0.4) is 0 Å². The summed E-state index contributed by atoms with van der Waals surface area (Å²) in [4.78, 5) is 0. The van der Waals surface area contributed by atoms with Gasteiger partial charge in [0.1, 0.15) is 11.8 Å². The zero-order valence-corrected chi connectivity index (χ0v) is 9.88. The third-order valence-electron chi connectivity index (χ3n) is 2.33. The fourth-order valence-corrected chi connectivity index (χ4v) is 1.55. The van der Waals surface area contributed by atoms with Crippen molar-refractivity contribution in [2.45, 2.75) is 12.5 Å². The Morgan fingerprint density at radius 2 is 2.12 bits per heavy atom. The molecule has 0 amide bonds. The molecule has 1 aromatic carbocycles. The van der Waals surface area contributed by atoms with Crippen molar-refractivity contribution in [3.05, 3.63) is 53.8 Å². The first kappa shape index (κ1) is 11.8.